The van der Waals surface area contributed by atoms with Gasteiger partial charge in [-0.1, -0.05) is 42.8 Å². The van der Waals surface area contributed by atoms with Gasteiger partial charge in [-0.05, 0) is 63.3 Å². The van der Waals surface area contributed by atoms with Crippen molar-refractivity contribution in [1.82, 2.24) is 14.9 Å². The molecule has 0 saturated heterocycles. The number of thiophene rings is 1. The number of aromatic nitrogens is 2. The summed E-state index contributed by atoms with van der Waals surface area (Å²) in [5.41, 5.74) is -3.34. The molecule has 5 aromatic rings. The Bertz CT molecular complexity index is 2020. The number of halogens is 5. The van der Waals surface area contributed by atoms with Gasteiger partial charge in [0.25, 0.3) is 0 Å². The number of rotatable bonds is 10. The number of anilines is 1. The fourth-order valence-corrected chi connectivity index (χ4v) is 6.90. The second-order valence-electron chi connectivity index (χ2n) is 9.82. The molecular formula is C30H25BrClF3N4O4S2. The molecule has 2 N–H and O–H groups in total. The Hall–Kier alpha value is -3.59. The van der Waals surface area contributed by atoms with Crippen molar-refractivity contribution < 1.29 is 30.8 Å². The Balaban J connectivity index is 1.53. The SMILES string of the molecule is CCc1nc(Cl)c(/C=C(\Cc2cccs2)C(=O)NC)n1Cc1ccc2oc(-c3ccccc3NS(=O)(=O)C(F)(F)F)c(Br)c2c1. The highest BCUT2D eigenvalue weighted by Gasteiger charge is 2.46. The van der Waals surface area contributed by atoms with Crippen LogP contribution in [0.5, 0.6) is 0 Å². The van der Waals surface area contributed by atoms with E-state index in [4.69, 9.17) is 16.0 Å². The first-order chi connectivity index (χ1) is 21.3. The Labute approximate surface area is 274 Å². The van der Waals surface area contributed by atoms with Crippen LogP contribution < -0.4 is 10.0 Å². The van der Waals surface area contributed by atoms with E-state index in [9.17, 15) is 26.4 Å². The number of para-hydroxylation sites is 1. The summed E-state index contributed by atoms with van der Waals surface area (Å²) in [5, 5.41) is 5.50. The fraction of sp³-hybridized carbons (Fsp3) is 0.200. The van der Waals surface area contributed by atoms with Crippen LogP contribution in [0, 0.1) is 0 Å². The molecule has 0 aliphatic rings. The number of nitrogens with one attached hydrogen (secondary N) is 2. The number of fused-ring (bicyclic) bond motifs is 1. The molecule has 0 bridgehead atoms. The average molecular weight is 742 g/mol. The maximum atomic E-state index is 13.1. The van der Waals surface area contributed by atoms with Gasteiger partial charge in [0.05, 0.1) is 15.9 Å². The van der Waals surface area contributed by atoms with Gasteiger partial charge in [0.2, 0.25) is 5.91 Å². The number of sulfonamides is 1. The maximum absolute atomic E-state index is 13.1. The lowest BCUT2D eigenvalue weighted by Gasteiger charge is -2.13. The molecule has 3 heterocycles. The normalized spacial score (nSPS) is 12.6. The first-order valence-electron chi connectivity index (χ1n) is 13.4. The quantitative estimate of drug-likeness (QED) is 0.141. The maximum Gasteiger partial charge on any atom is 0.516 e. The van der Waals surface area contributed by atoms with E-state index in [1.165, 1.54) is 18.2 Å². The molecule has 5 rings (SSSR count). The molecule has 45 heavy (non-hydrogen) atoms. The summed E-state index contributed by atoms with van der Waals surface area (Å²) < 4.78 is 72.9. The topological polar surface area (TPSA) is 106 Å². The zero-order valence-corrected chi connectivity index (χ0v) is 27.7. The van der Waals surface area contributed by atoms with Crippen LogP contribution in [-0.4, -0.2) is 36.4 Å². The number of hydrogen-bond donors (Lipinski definition) is 2. The number of carbonyl (C=O) groups is 1. The molecule has 0 atom stereocenters. The number of furan rings is 1. The third-order valence-electron chi connectivity index (χ3n) is 6.88. The molecule has 0 spiro atoms. The molecule has 0 saturated carbocycles. The van der Waals surface area contributed by atoms with Crippen molar-refractivity contribution in [3.63, 3.8) is 0 Å². The van der Waals surface area contributed by atoms with Gasteiger partial charge in [-0.15, -0.1) is 11.3 Å². The average Bonchev–Trinajstić information content (AvgIpc) is 3.70. The zero-order chi connectivity index (χ0) is 32.5. The minimum atomic E-state index is -5.66. The minimum absolute atomic E-state index is 0.115. The van der Waals surface area contributed by atoms with Gasteiger partial charge in [0.15, 0.2) is 10.9 Å². The van der Waals surface area contributed by atoms with Crippen LogP contribution in [0.2, 0.25) is 5.15 Å². The van der Waals surface area contributed by atoms with Gasteiger partial charge in [-0.3, -0.25) is 9.52 Å². The number of nitrogens with zero attached hydrogens (tertiary/aromatic N) is 2. The molecule has 0 fully saturated rings. The van der Waals surface area contributed by atoms with E-state index < -0.39 is 15.5 Å². The lowest BCUT2D eigenvalue weighted by molar-refractivity contribution is -0.117. The molecule has 0 aliphatic heterocycles. The molecule has 15 heteroatoms. The van der Waals surface area contributed by atoms with E-state index in [1.807, 2.05) is 41.1 Å². The molecule has 0 unspecified atom stereocenters. The molecule has 8 nitrogen and oxygen atoms in total. The van der Waals surface area contributed by atoms with Crippen LogP contribution >= 0.6 is 38.9 Å². The highest BCUT2D eigenvalue weighted by molar-refractivity contribution is 9.10. The van der Waals surface area contributed by atoms with Gasteiger partial charge in [0, 0.05) is 47.8 Å². The Kier molecular flexibility index (Phi) is 9.49. The standard InChI is InChI=1S/C30H25BrClF3N4O4S2/c1-3-25-37-28(32)23(15-18(29(40)36-2)14-19-7-6-12-44-19)39(25)16-17-10-11-24-21(13-17)26(31)27(43-24)20-8-4-5-9-22(20)38-45(41,42)30(33,34)35/h4-13,15,38H,3,14,16H2,1-2H3,(H,36,40)/b18-15+. The smallest absolute Gasteiger partial charge is 0.455 e. The van der Waals surface area contributed by atoms with E-state index in [1.54, 1.807) is 41.3 Å². The van der Waals surface area contributed by atoms with Gasteiger partial charge < -0.3 is 14.3 Å². The number of imidazole rings is 1. The highest BCUT2D eigenvalue weighted by Crippen LogP contribution is 2.42. The van der Waals surface area contributed by atoms with Gasteiger partial charge in [-0.2, -0.15) is 21.6 Å². The Morgan fingerprint density at radius 2 is 1.93 bits per heavy atom. The van der Waals surface area contributed by atoms with Crippen molar-refractivity contribution in [2.75, 3.05) is 11.8 Å². The fourth-order valence-electron chi connectivity index (χ4n) is 4.73. The molecular weight excluding hydrogens is 717 g/mol. The third kappa shape index (κ3) is 6.83. The summed E-state index contributed by atoms with van der Waals surface area (Å²) in [6, 6.07) is 14.9. The van der Waals surface area contributed by atoms with Crippen molar-refractivity contribution >= 4 is 77.5 Å². The van der Waals surface area contributed by atoms with E-state index in [0.717, 1.165) is 10.4 Å². The zero-order valence-electron chi connectivity index (χ0n) is 23.7. The summed E-state index contributed by atoms with van der Waals surface area (Å²) >= 11 is 11.7. The number of likely N-dealkylation sites (N-methyl/N-ethyl adjacent to an activating group) is 1. The molecule has 0 aliphatic carbocycles. The summed E-state index contributed by atoms with van der Waals surface area (Å²) in [5.74, 6) is 0.617. The first kappa shape index (κ1) is 32.8. The highest BCUT2D eigenvalue weighted by atomic mass is 79.9. The summed E-state index contributed by atoms with van der Waals surface area (Å²) in [7, 11) is -4.09. The van der Waals surface area contributed by atoms with Gasteiger partial charge in [-0.25, -0.2) is 4.98 Å². The van der Waals surface area contributed by atoms with Crippen LogP contribution in [0.1, 0.15) is 28.9 Å². The second-order valence-corrected chi connectivity index (χ2v) is 13.7. The van der Waals surface area contributed by atoms with Crippen molar-refractivity contribution in [1.29, 1.82) is 0 Å². The number of benzene rings is 2. The predicted molar refractivity (Wildman–Crippen MR) is 174 cm³/mol. The van der Waals surface area contributed by atoms with Crippen LogP contribution in [-0.2, 0) is 34.2 Å². The third-order valence-corrected chi connectivity index (χ3v) is 9.92. The van der Waals surface area contributed by atoms with E-state index in [2.05, 4.69) is 26.2 Å². The van der Waals surface area contributed by atoms with Crippen molar-refractivity contribution in [3.8, 4) is 11.3 Å². The number of amides is 1. The summed E-state index contributed by atoms with van der Waals surface area (Å²) in [4.78, 5) is 18.3. The summed E-state index contributed by atoms with van der Waals surface area (Å²) in [6.45, 7) is 2.28. The number of carbonyl (C=O) groups excluding carboxylic acids is 1. The van der Waals surface area contributed by atoms with Crippen LogP contribution in [0.4, 0.5) is 18.9 Å². The van der Waals surface area contributed by atoms with E-state index in [-0.39, 0.29) is 28.1 Å². The van der Waals surface area contributed by atoms with Crippen molar-refractivity contribution in [2.24, 2.45) is 0 Å². The van der Waals surface area contributed by atoms with Crippen molar-refractivity contribution in [2.45, 2.75) is 31.8 Å². The predicted octanol–water partition coefficient (Wildman–Crippen LogP) is 8.02. The van der Waals surface area contributed by atoms with E-state index >= 15 is 0 Å². The van der Waals surface area contributed by atoms with Crippen LogP contribution in [0.3, 0.4) is 0 Å². The number of alkyl halides is 3. The van der Waals surface area contributed by atoms with Crippen LogP contribution in [0.15, 0.2) is 74.4 Å². The molecule has 1 amide bonds. The Morgan fingerprint density at radius 1 is 1.18 bits per heavy atom. The molecule has 0 radical (unpaired) electrons. The molecule has 2 aromatic carbocycles. The van der Waals surface area contributed by atoms with Gasteiger partial charge >= 0.3 is 15.5 Å². The summed E-state index contributed by atoms with van der Waals surface area (Å²) in [6.07, 6.45) is 2.73. The van der Waals surface area contributed by atoms with Crippen molar-refractivity contribution in [3.05, 3.63) is 97.1 Å². The van der Waals surface area contributed by atoms with E-state index in [0.29, 0.717) is 51.9 Å². The monoisotopic (exact) mass is 740 g/mol. The Morgan fingerprint density at radius 3 is 2.60 bits per heavy atom. The largest absolute Gasteiger partial charge is 0.516 e. The second kappa shape index (κ2) is 13.0. The molecule has 3 aromatic heterocycles. The lowest BCUT2D eigenvalue weighted by Crippen LogP contribution is -2.30. The minimum Gasteiger partial charge on any atom is -0.455 e. The number of hydrogen-bond acceptors (Lipinski definition) is 6. The van der Waals surface area contributed by atoms with Crippen LogP contribution in [0.25, 0.3) is 28.4 Å². The first-order valence-corrected chi connectivity index (χ1v) is 17.0. The lowest BCUT2D eigenvalue weighted by atomic mass is 10.1. The number of aryl methyl sites for hydroxylation is 1. The van der Waals surface area contributed by atoms with Gasteiger partial charge in [0.1, 0.15) is 11.4 Å². The molecule has 236 valence electrons.